The third-order valence-corrected chi connectivity index (χ3v) is 4.92. The first-order valence-electron chi connectivity index (χ1n) is 7.88. The third kappa shape index (κ3) is 4.18. The number of hydrogen-bond donors (Lipinski definition) is 1. The van der Waals surface area contributed by atoms with Gasteiger partial charge in [0.25, 0.3) is 0 Å². The zero-order valence-corrected chi connectivity index (χ0v) is 12.3. The van der Waals surface area contributed by atoms with Crippen molar-refractivity contribution < 1.29 is 4.79 Å². The molecule has 0 aromatic rings. The fourth-order valence-electron chi connectivity index (χ4n) is 3.36. The van der Waals surface area contributed by atoms with Crippen LogP contribution >= 0.6 is 0 Å². The van der Waals surface area contributed by atoms with Crippen LogP contribution < -0.4 is 5.73 Å². The van der Waals surface area contributed by atoms with E-state index in [0.29, 0.717) is 24.4 Å². The van der Waals surface area contributed by atoms with Crippen LogP contribution in [0.1, 0.15) is 44.9 Å². The van der Waals surface area contributed by atoms with Gasteiger partial charge in [0, 0.05) is 13.1 Å². The normalized spacial score (nSPS) is 23.5. The molecule has 0 aromatic carbocycles. The van der Waals surface area contributed by atoms with E-state index in [-0.39, 0.29) is 0 Å². The molecule has 1 aliphatic carbocycles. The van der Waals surface area contributed by atoms with Crippen LogP contribution in [0.15, 0.2) is 0 Å². The van der Waals surface area contributed by atoms with Gasteiger partial charge in [-0.3, -0.25) is 9.69 Å². The van der Waals surface area contributed by atoms with Crippen molar-refractivity contribution in [3.63, 3.8) is 0 Å². The Morgan fingerprint density at radius 2 is 1.79 bits per heavy atom. The van der Waals surface area contributed by atoms with E-state index < -0.39 is 0 Å². The van der Waals surface area contributed by atoms with Crippen LogP contribution in [0.25, 0.3) is 0 Å². The van der Waals surface area contributed by atoms with Crippen LogP contribution in [0.5, 0.6) is 0 Å². The maximum absolute atomic E-state index is 12.3. The van der Waals surface area contributed by atoms with Crippen LogP contribution in [0, 0.1) is 5.92 Å². The molecule has 2 rings (SSSR count). The molecule has 0 radical (unpaired) electrons. The Morgan fingerprint density at radius 1 is 1.16 bits per heavy atom. The van der Waals surface area contributed by atoms with Gasteiger partial charge in [-0.2, -0.15) is 0 Å². The van der Waals surface area contributed by atoms with Gasteiger partial charge >= 0.3 is 0 Å². The Kier molecular flexibility index (Phi) is 5.64. The summed E-state index contributed by atoms with van der Waals surface area (Å²) in [5.41, 5.74) is 5.70. The fraction of sp³-hybridized carbons (Fsp3) is 0.933. The largest absolute Gasteiger partial charge is 0.342 e. The van der Waals surface area contributed by atoms with E-state index in [1.807, 2.05) is 11.9 Å². The second-order valence-electron chi connectivity index (χ2n) is 6.25. The maximum Gasteiger partial charge on any atom is 0.236 e. The molecule has 19 heavy (non-hydrogen) atoms. The average Bonchev–Trinajstić information content (AvgIpc) is 2.48. The van der Waals surface area contributed by atoms with E-state index in [0.717, 1.165) is 32.5 Å². The molecular formula is C15H29N3O. The summed E-state index contributed by atoms with van der Waals surface area (Å²) in [6, 6.07) is 0.489. The molecule has 0 bridgehead atoms. The number of likely N-dealkylation sites (tertiary alicyclic amines) is 1. The first kappa shape index (κ1) is 14.8. The average molecular weight is 267 g/mol. The van der Waals surface area contributed by atoms with Gasteiger partial charge in [-0.1, -0.05) is 19.3 Å². The molecular weight excluding hydrogens is 238 g/mol. The highest BCUT2D eigenvalue weighted by Gasteiger charge is 2.25. The Hall–Kier alpha value is -0.610. The summed E-state index contributed by atoms with van der Waals surface area (Å²) in [7, 11) is 1.99. The molecule has 1 saturated carbocycles. The topological polar surface area (TPSA) is 49.6 Å². The lowest BCUT2D eigenvalue weighted by Gasteiger charge is -2.35. The number of likely N-dealkylation sites (N-methyl/N-ethyl adjacent to an activating group) is 1. The molecule has 4 nitrogen and oxygen atoms in total. The van der Waals surface area contributed by atoms with Crippen molar-refractivity contribution in [2.24, 2.45) is 11.7 Å². The summed E-state index contributed by atoms with van der Waals surface area (Å²) in [4.78, 5) is 16.6. The maximum atomic E-state index is 12.3. The lowest BCUT2D eigenvalue weighted by molar-refractivity contribution is -0.134. The first-order chi connectivity index (χ1) is 9.20. The standard InChI is InChI=1S/C15H29N3O/c1-17(14-5-3-2-4-6-14)15(19)12-18-9-7-13(11-16)8-10-18/h13-14H,2-12,16H2,1H3. The van der Waals surface area contributed by atoms with Gasteiger partial charge in [-0.15, -0.1) is 0 Å². The molecule has 0 aromatic heterocycles. The molecule has 1 aliphatic heterocycles. The highest BCUT2D eigenvalue weighted by molar-refractivity contribution is 5.78. The highest BCUT2D eigenvalue weighted by Crippen LogP contribution is 2.22. The predicted octanol–water partition coefficient (Wildman–Crippen LogP) is 1.45. The Labute approximate surface area is 117 Å². The number of carbonyl (C=O) groups is 1. The molecule has 110 valence electrons. The third-order valence-electron chi connectivity index (χ3n) is 4.92. The molecule has 1 amide bonds. The van der Waals surface area contributed by atoms with Gasteiger partial charge in [0.15, 0.2) is 0 Å². The number of hydrogen-bond acceptors (Lipinski definition) is 3. The van der Waals surface area contributed by atoms with Crippen molar-refractivity contribution in [2.75, 3.05) is 33.2 Å². The summed E-state index contributed by atoms with van der Waals surface area (Å²) in [6.07, 6.45) is 8.59. The van der Waals surface area contributed by atoms with Crippen molar-refractivity contribution in [3.05, 3.63) is 0 Å². The van der Waals surface area contributed by atoms with E-state index >= 15 is 0 Å². The molecule has 0 unspecified atom stereocenters. The van der Waals surface area contributed by atoms with Gasteiger partial charge < -0.3 is 10.6 Å². The minimum atomic E-state index is 0.304. The van der Waals surface area contributed by atoms with Crippen molar-refractivity contribution in [2.45, 2.75) is 51.0 Å². The fourth-order valence-corrected chi connectivity index (χ4v) is 3.36. The molecule has 1 saturated heterocycles. The van der Waals surface area contributed by atoms with Crippen LogP contribution in [-0.4, -0.2) is 55.0 Å². The van der Waals surface area contributed by atoms with Crippen molar-refractivity contribution in [1.82, 2.24) is 9.80 Å². The van der Waals surface area contributed by atoms with E-state index in [4.69, 9.17) is 5.73 Å². The summed E-state index contributed by atoms with van der Waals surface area (Å²) < 4.78 is 0. The van der Waals surface area contributed by atoms with Crippen LogP contribution in [0.4, 0.5) is 0 Å². The van der Waals surface area contributed by atoms with Gasteiger partial charge in [-0.25, -0.2) is 0 Å². The summed E-state index contributed by atoms with van der Waals surface area (Å²) >= 11 is 0. The Bertz CT molecular complexity index is 281. The lowest BCUT2D eigenvalue weighted by atomic mass is 9.94. The summed E-state index contributed by atoms with van der Waals surface area (Å²) in [5.74, 6) is 0.973. The molecule has 2 aliphatic rings. The molecule has 0 atom stereocenters. The second kappa shape index (κ2) is 7.25. The highest BCUT2D eigenvalue weighted by atomic mass is 16.2. The van der Waals surface area contributed by atoms with E-state index in [1.165, 1.54) is 32.1 Å². The zero-order chi connectivity index (χ0) is 13.7. The quantitative estimate of drug-likeness (QED) is 0.838. The lowest BCUT2D eigenvalue weighted by Crippen LogP contribution is -2.46. The second-order valence-corrected chi connectivity index (χ2v) is 6.25. The van der Waals surface area contributed by atoms with Gasteiger partial charge in [0.1, 0.15) is 0 Å². The van der Waals surface area contributed by atoms with Crippen LogP contribution in [-0.2, 0) is 4.79 Å². The Morgan fingerprint density at radius 3 is 2.37 bits per heavy atom. The smallest absolute Gasteiger partial charge is 0.236 e. The number of piperidine rings is 1. The van der Waals surface area contributed by atoms with Crippen molar-refractivity contribution >= 4 is 5.91 Å². The number of rotatable bonds is 4. The molecule has 2 fully saturated rings. The monoisotopic (exact) mass is 267 g/mol. The SMILES string of the molecule is CN(C(=O)CN1CCC(CN)CC1)C1CCCCC1. The van der Waals surface area contributed by atoms with E-state index in [9.17, 15) is 4.79 Å². The first-order valence-corrected chi connectivity index (χ1v) is 7.88. The van der Waals surface area contributed by atoms with Gasteiger partial charge in [0.05, 0.1) is 6.54 Å². The Balaban J connectivity index is 1.74. The van der Waals surface area contributed by atoms with Gasteiger partial charge in [-0.05, 0) is 51.2 Å². The van der Waals surface area contributed by atoms with E-state index in [2.05, 4.69) is 4.90 Å². The van der Waals surface area contributed by atoms with E-state index in [1.54, 1.807) is 0 Å². The summed E-state index contributed by atoms with van der Waals surface area (Å²) in [5, 5.41) is 0. The zero-order valence-electron chi connectivity index (χ0n) is 12.3. The molecule has 1 heterocycles. The summed E-state index contributed by atoms with van der Waals surface area (Å²) in [6.45, 7) is 3.46. The minimum Gasteiger partial charge on any atom is -0.342 e. The predicted molar refractivity (Wildman–Crippen MR) is 77.9 cm³/mol. The molecule has 0 spiro atoms. The van der Waals surface area contributed by atoms with Crippen LogP contribution in [0.3, 0.4) is 0 Å². The minimum absolute atomic E-state index is 0.304. The number of nitrogens with zero attached hydrogens (tertiary/aromatic N) is 2. The van der Waals surface area contributed by atoms with Crippen LogP contribution in [0.2, 0.25) is 0 Å². The number of amides is 1. The number of nitrogens with two attached hydrogens (primary N) is 1. The van der Waals surface area contributed by atoms with Gasteiger partial charge in [0.2, 0.25) is 5.91 Å². The van der Waals surface area contributed by atoms with Crippen molar-refractivity contribution in [1.29, 1.82) is 0 Å². The van der Waals surface area contributed by atoms with Crippen molar-refractivity contribution in [3.8, 4) is 0 Å². The molecule has 4 heteroatoms. The number of carbonyl (C=O) groups excluding carboxylic acids is 1. The molecule has 2 N–H and O–H groups in total.